The SMILES string of the molecule is COC(=O)C1CC2c3cc(C(C)(C)C)ccc3C1c1cc(C(C)(C)C)ccc12. The molecule has 3 aliphatic carbocycles. The standard InChI is InChI=1S/C26H32O2/c1-25(2,3)15-9-11-18-19(12-15)20-14-22(24(27)28-7)23(18)21-13-16(26(4,5)6)8-10-17(20)21/h8-13,20,22-23H,14H2,1-7H3. The van der Waals surface area contributed by atoms with Crippen molar-refractivity contribution in [3.8, 4) is 0 Å². The molecule has 0 aromatic heterocycles. The van der Waals surface area contributed by atoms with Gasteiger partial charge < -0.3 is 4.74 Å². The van der Waals surface area contributed by atoms with E-state index < -0.39 is 0 Å². The fourth-order valence-electron chi connectivity index (χ4n) is 5.05. The first-order valence-corrected chi connectivity index (χ1v) is 10.4. The van der Waals surface area contributed by atoms with Crippen LogP contribution in [0.25, 0.3) is 0 Å². The summed E-state index contributed by atoms with van der Waals surface area (Å²) in [6.45, 7) is 13.5. The van der Waals surface area contributed by atoms with Crippen molar-refractivity contribution in [3.05, 3.63) is 69.8 Å². The fourth-order valence-corrected chi connectivity index (χ4v) is 5.05. The second kappa shape index (κ2) is 6.20. The van der Waals surface area contributed by atoms with Crippen molar-refractivity contribution >= 4 is 5.97 Å². The minimum Gasteiger partial charge on any atom is -0.469 e. The van der Waals surface area contributed by atoms with Gasteiger partial charge in [0, 0.05) is 11.8 Å². The molecule has 2 bridgehead atoms. The van der Waals surface area contributed by atoms with Crippen molar-refractivity contribution in [2.24, 2.45) is 5.92 Å². The van der Waals surface area contributed by atoms with Gasteiger partial charge in [-0.05, 0) is 50.6 Å². The summed E-state index contributed by atoms with van der Waals surface area (Å²) in [6, 6.07) is 13.9. The third-order valence-corrected chi connectivity index (χ3v) is 6.72. The van der Waals surface area contributed by atoms with E-state index in [0.29, 0.717) is 0 Å². The molecule has 2 heteroatoms. The Labute approximate surface area is 169 Å². The lowest BCUT2D eigenvalue weighted by atomic mass is 9.58. The molecule has 0 aliphatic heterocycles. The predicted octanol–water partition coefficient (Wildman–Crippen LogP) is 6.05. The molecule has 3 unspecified atom stereocenters. The van der Waals surface area contributed by atoms with E-state index in [-0.39, 0.29) is 34.6 Å². The topological polar surface area (TPSA) is 26.3 Å². The molecule has 3 atom stereocenters. The van der Waals surface area contributed by atoms with Gasteiger partial charge in [0.1, 0.15) is 0 Å². The molecule has 2 aromatic rings. The Kier molecular flexibility index (Phi) is 4.26. The Bertz CT molecular complexity index is 940. The van der Waals surface area contributed by atoms with E-state index in [4.69, 9.17) is 4.74 Å². The molecule has 0 fully saturated rings. The first-order valence-electron chi connectivity index (χ1n) is 10.4. The zero-order valence-electron chi connectivity index (χ0n) is 18.2. The van der Waals surface area contributed by atoms with Crippen LogP contribution in [0.5, 0.6) is 0 Å². The van der Waals surface area contributed by atoms with Gasteiger partial charge in [-0.2, -0.15) is 0 Å². The average molecular weight is 377 g/mol. The molecule has 2 aromatic carbocycles. The highest BCUT2D eigenvalue weighted by Gasteiger charge is 2.47. The fraction of sp³-hybridized carbons (Fsp3) is 0.500. The number of benzene rings is 2. The highest BCUT2D eigenvalue weighted by Crippen LogP contribution is 2.56. The molecule has 0 saturated carbocycles. The van der Waals surface area contributed by atoms with Crippen molar-refractivity contribution in [1.82, 2.24) is 0 Å². The lowest BCUT2D eigenvalue weighted by molar-refractivity contribution is -0.146. The summed E-state index contributed by atoms with van der Waals surface area (Å²) in [5, 5.41) is 0. The van der Waals surface area contributed by atoms with Crippen LogP contribution in [0.4, 0.5) is 0 Å². The monoisotopic (exact) mass is 376 g/mol. The molecule has 0 heterocycles. The Morgan fingerprint density at radius 3 is 1.89 bits per heavy atom. The molecule has 2 nitrogen and oxygen atoms in total. The minimum absolute atomic E-state index is 0.0765. The normalized spacial score (nSPS) is 23.2. The smallest absolute Gasteiger partial charge is 0.309 e. The summed E-state index contributed by atoms with van der Waals surface area (Å²) in [4.78, 5) is 12.7. The molecule has 3 aliphatic rings. The summed E-state index contributed by atoms with van der Waals surface area (Å²) in [5.74, 6) is 0.201. The summed E-state index contributed by atoms with van der Waals surface area (Å²) in [6.07, 6.45) is 0.847. The number of hydrogen-bond donors (Lipinski definition) is 0. The van der Waals surface area contributed by atoms with Gasteiger partial charge >= 0.3 is 5.97 Å². The van der Waals surface area contributed by atoms with Crippen molar-refractivity contribution in [3.63, 3.8) is 0 Å². The molecule has 148 valence electrons. The van der Waals surface area contributed by atoms with Crippen LogP contribution in [0.1, 0.15) is 93.2 Å². The van der Waals surface area contributed by atoms with E-state index in [2.05, 4.69) is 77.9 Å². The Morgan fingerprint density at radius 2 is 1.36 bits per heavy atom. The van der Waals surface area contributed by atoms with Crippen molar-refractivity contribution in [1.29, 1.82) is 0 Å². The summed E-state index contributed by atoms with van der Waals surface area (Å²) >= 11 is 0. The molecule has 0 spiro atoms. The van der Waals surface area contributed by atoms with Crippen LogP contribution in [0, 0.1) is 5.92 Å². The molecular formula is C26H32O2. The maximum Gasteiger partial charge on any atom is 0.309 e. The predicted molar refractivity (Wildman–Crippen MR) is 114 cm³/mol. The van der Waals surface area contributed by atoms with E-state index in [9.17, 15) is 4.79 Å². The number of rotatable bonds is 1. The van der Waals surface area contributed by atoms with Gasteiger partial charge in [-0.1, -0.05) is 77.9 Å². The number of hydrogen-bond acceptors (Lipinski definition) is 2. The molecule has 0 amide bonds. The Morgan fingerprint density at radius 1 is 0.821 bits per heavy atom. The van der Waals surface area contributed by atoms with Crippen molar-refractivity contribution in [2.75, 3.05) is 7.11 Å². The first-order chi connectivity index (χ1) is 13.0. The van der Waals surface area contributed by atoms with Crippen molar-refractivity contribution in [2.45, 2.75) is 70.6 Å². The lowest BCUT2D eigenvalue weighted by Crippen LogP contribution is -2.37. The molecular weight excluding hydrogens is 344 g/mol. The van der Waals surface area contributed by atoms with Crippen LogP contribution in [-0.2, 0) is 20.4 Å². The van der Waals surface area contributed by atoms with Gasteiger partial charge in [0.15, 0.2) is 0 Å². The third kappa shape index (κ3) is 2.89. The lowest BCUT2D eigenvalue weighted by Gasteiger charge is -2.45. The van der Waals surface area contributed by atoms with Crippen LogP contribution in [-0.4, -0.2) is 13.1 Å². The number of methoxy groups -OCH3 is 1. The van der Waals surface area contributed by atoms with Crippen LogP contribution in [0.3, 0.4) is 0 Å². The molecule has 0 saturated heterocycles. The number of ether oxygens (including phenoxy) is 1. The highest BCUT2D eigenvalue weighted by molar-refractivity contribution is 5.78. The van der Waals surface area contributed by atoms with E-state index in [1.54, 1.807) is 0 Å². The summed E-state index contributed by atoms with van der Waals surface area (Å²) in [7, 11) is 1.51. The zero-order chi connectivity index (χ0) is 20.4. The van der Waals surface area contributed by atoms with Gasteiger partial charge in [-0.3, -0.25) is 4.79 Å². The van der Waals surface area contributed by atoms with Crippen LogP contribution < -0.4 is 0 Å². The van der Waals surface area contributed by atoms with Crippen LogP contribution in [0.15, 0.2) is 36.4 Å². The van der Waals surface area contributed by atoms with E-state index in [1.807, 2.05) is 0 Å². The summed E-state index contributed by atoms with van der Waals surface area (Å²) in [5.41, 5.74) is 8.35. The van der Waals surface area contributed by atoms with E-state index in [0.717, 1.165) is 6.42 Å². The maximum absolute atomic E-state index is 12.7. The van der Waals surface area contributed by atoms with Crippen LogP contribution >= 0.6 is 0 Å². The third-order valence-electron chi connectivity index (χ3n) is 6.72. The Hall–Kier alpha value is -2.09. The van der Waals surface area contributed by atoms with Gasteiger partial charge in [-0.15, -0.1) is 0 Å². The second-order valence-corrected chi connectivity index (χ2v) is 10.6. The Balaban J connectivity index is 1.92. The summed E-state index contributed by atoms with van der Waals surface area (Å²) < 4.78 is 5.21. The zero-order valence-corrected chi connectivity index (χ0v) is 18.2. The van der Waals surface area contributed by atoms with Gasteiger partial charge in [0.25, 0.3) is 0 Å². The van der Waals surface area contributed by atoms with Crippen LogP contribution in [0.2, 0.25) is 0 Å². The number of carbonyl (C=O) groups excluding carboxylic acids is 1. The van der Waals surface area contributed by atoms with Crippen molar-refractivity contribution < 1.29 is 9.53 Å². The quantitative estimate of drug-likeness (QED) is 0.566. The number of fused-ring (bicyclic) bond motifs is 1. The largest absolute Gasteiger partial charge is 0.469 e. The molecule has 0 radical (unpaired) electrons. The van der Waals surface area contributed by atoms with Gasteiger partial charge in [0.2, 0.25) is 0 Å². The molecule has 0 N–H and O–H groups in total. The first kappa shape index (κ1) is 19.2. The maximum atomic E-state index is 12.7. The number of carbonyl (C=O) groups is 1. The highest BCUT2D eigenvalue weighted by atomic mass is 16.5. The van der Waals surface area contributed by atoms with Gasteiger partial charge in [-0.25, -0.2) is 0 Å². The molecule has 5 rings (SSSR count). The van der Waals surface area contributed by atoms with E-state index >= 15 is 0 Å². The second-order valence-electron chi connectivity index (χ2n) is 10.6. The average Bonchev–Trinajstić information content (AvgIpc) is 2.65. The molecule has 28 heavy (non-hydrogen) atoms. The van der Waals surface area contributed by atoms with E-state index in [1.165, 1.54) is 40.5 Å². The minimum atomic E-state index is -0.0919. The van der Waals surface area contributed by atoms with Gasteiger partial charge in [0.05, 0.1) is 13.0 Å². The number of esters is 1.